The Labute approximate surface area is 96.1 Å². The average molecular weight is 222 g/mol. The second kappa shape index (κ2) is 5.12. The summed E-state index contributed by atoms with van der Waals surface area (Å²) in [5.74, 6) is -0.807. The molecule has 0 amide bonds. The summed E-state index contributed by atoms with van der Waals surface area (Å²) in [6, 6.07) is 7.59. The molecule has 1 N–H and O–H groups in total. The molecule has 0 heterocycles. The van der Waals surface area contributed by atoms with Crippen molar-refractivity contribution in [2.75, 3.05) is 13.7 Å². The van der Waals surface area contributed by atoms with Crippen molar-refractivity contribution in [2.45, 2.75) is 25.7 Å². The number of methoxy groups -OCH3 is 1. The lowest BCUT2D eigenvalue weighted by molar-refractivity contribution is -0.144. The third-order valence-corrected chi connectivity index (χ3v) is 3.02. The van der Waals surface area contributed by atoms with E-state index in [0.29, 0.717) is 13.0 Å². The van der Waals surface area contributed by atoms with Crippen molar-refractivity contribution in [2.24, 2.45) is 0 Å². The standard InChI is InChI=1S/C13H18O3/c1-10-6-4-5-7-11(10)13(2,12(14)15)8-9-16-3/h4-7H,8-9H2,1-3H3,(H,14,15). The first kappa shape index (κ1) is 12.7. The zero-order valence-corrected chi connectivity index (χ0v) is 9.99. The summed E-state index contributed by atoms with van der Waals surface area (Å²) in [5.41, 5.74) is 0.990. The Morgan fingerprint density at radius 2 is 2.06 bits per heavy atom. The number of rotatable bonds is 5. The first-order valence-corrected chi connectivity index (χ1v) is 5.31. The molecule has 0 bridgehead atoms. The van der Waals surface area contributed by atoms with E-state index in [1.165, 1.54) is 0 Å². The molecule has 1 unspecified atom stereocenters. The summed E-state index contributed by atoms with van der Waals surface area (Å²) >= 11 is 0. The summed E-state index contributed by atoms with van der Waals surface area (Å²) in [6.45, 7) is 4.12. The molecule has 88 valence electrons. The van der Waals surface area contributed by atoms with E-state index in [9.17, 15) is 9.90 Å². The SMILES string of the molecule is COCCC(C)(C(=O)O)c1ccccc1C. The van der Waals surface area contributed by atoms with Gasteiger partial charge >= 0.3 is 5.97 Å². The lowest BCUT2D eigenvalue weighted by Crippen LogP contribution is -2.34. The highest BCUT2D eigenvalue weighted by atomic mass is 16.5. The predicted octanol–water partition coefficient (Wildman–Crippen LogP) is 2.37. The molecule has 0 aliphatic heterocycles. The van der Waals surface area contributed by atoms with E-state index in [-0.39, 0.29) is 0 Å². The molecule has 1 atom stereocenters. The van der Waals surface area contributed by atoms with Crippen LogP contribution in [0.25, 0.3) is 0 Å². The van der Waals surface area contributed by atoms with Crippen molar-refractivity contribution in [1.29, 1.82) is 0 Å². The quantitative estimate of drug-likeness (QED) is 0.832. The molecular weight excluding hydrogens is 204 g/mol. The molecule has 0 saturated heterocycles. The van der Waals surface area contributed by atoms with Crippen LogP contribution in [0.5, 0.6) is 0 Å². The fourth-order valence-electron chi connectivity index (χ4n) is 1.85. The third-order valence-electron chi connectivity index (χ3n) is 3.02. The van der Waals surface area contributed by atoms with Crippen LogP contribution in [0.3, 0.4) is 0 Å². The van der Waals surface area contributed by atoms with Crippen molar-refractivity contribution in [3.63, 3.8) is 0 Å². The van der Waals surface area contributed by atoms with Crippen LogP contribution in [0.15, 0.2) is 24.3 Å². The largest absolute Gasteiger partial charge is 0.481 e. The van der Waals surface area contributed by atoms with Gasteiger partial charge in [0, 0.05) is 13.7 Å². The molecule has 1 aromatic rings. The second-order valence-electron chi connectivity index (χ2n) is 4.19. The molecular formula is C13H18O3. The number of aryl methyl sites for hydroxylation is 1. The number of carboxylic acid groups (broad SMARTS) is 1. The summed E-state index contributed by atoms with van der Waals surface area (Å²) < 4.78 is 4.99. The fraction of sp³-hybridized carbons (Fsp3) is 0.462. The number of carboxylic acids is 1. The van der Waals surface area contributed by atoms with Crippen molar-refractivity contribution in [3.05, 3.63) is 35.4 Å². The van der Waals surface area contributed by atoms with Gasteiger partial charge in [0.1, 0.15) is 0 Å². The smallest absolute Gasteiger partial charge is 0.313 e. The van der Waals surface area contributed by atoms with Crippen LogP contribution >= 0.6 is 0 Å². The van der Waals surface area contributed by atoms with E-state index in [4.69, 9.17) is 4.74 Å². The minimum atomic E-state index is -0.874. The van der Waals surface area contributed by atoms with Crippen molar-refractivity contribution in [3.8, 4) is 0 Å². The van der Waals surface area contributed by atoms with Gasteiger partial charge in [-0.15, -0.1) is 0 Å². The van der Waals surface area contributed by atoms with Gasteiger partial charge in [-0.05, 0) is 31.4 Å². The van der Waals surface area contributed by atoms with E-state index in [1.807, 2.05) is 31.2 Å². The van der Waals surface area contributed by atoms with Crippen LogP contribution in [0.4, 0.5) is 0 Å². The van der Waals surface area contributed by atoms with E-state index in [2.05, 4.69) is 0 Å². The Bertz CT molecular complexity index is 373. The van der Waals surface area contributed by atoms with Gasteiger partial charge in [-0.25, -0.2) is 0 Å². The zero-order valence-electron chi connectivity index (χ0n) is 9.99. The van der Waals surface area contributed by atoms with Crippen LogP contribution < -0.4 is 0 Å². The van der Waals surface area contributed by atoms with Crippen LogP contribution in [-0.2, 0) is 14.9 Å². The summed E-state index contributed by atoms with van der Waals surface area (Å²) in [5, 5.41) is 9.38. The zero-order chi connectivity index (χ0) is 12.2. The summed E-state index contributed by atoms with van der Waals surface area (Å²) in [6.07, 6.45) is 0.476. The molecule has 3 nitrogen and oxygen atoms in total. The van der Waals surface area contributed by atoms with Gasteiger partial charge in [-0.3, -0.25) is 4.79 Å². The lowest BCUT2D eigenvalue weighted by atomic mass is 9.78. The Balaban J connectivity index is 3.11. The lowest BCUT2D eigenvalue weighted by Gasteiger charge is -2.26. The summed E-state index contributed by atoms with van der Waals surface area (Å²) in [7, 11) is 1.58. The third kappa shape index (κ3) is 2.42. The van der Waals surface area contributed by atoms with Crippen LogP contribution in [-0.4, -0.2) is 24.8 Å². The minimum Gasteiger partial charge on any atom is -0.481 e. The highest BCUT2D eigenvalue weighted by Crippen LogP contribution is 2.30. The number of benzene rings is 1. The highest BCUT2D eigenvalue weighted by molar-refractivity contribution is 5.81. The number of hydrogen-bond acceptors (Lipinski definition) is 2. The molecule has 1 aromatic carbocycles. The molecule has 0 fully saturated rings. The maximum atomic E-state index is 11.4. The van der Waals surface area contributed by atoms with Gasteiger partial charge in [-0.1, -0.05) is 24.3 Å². The summed E-state index contributed by atoms with van der Waals surface area (Å²) in [4.78, 5) is 11.4. The van der Waals surface area contributed by atoms with E-state index in [0.717, 1.165) is 11.1 Å². The van der Waals surface area contributed by atoms with Crippen molar-refractivity contribution >= 4 is 5.97 Å². The number of carbonyl (C=O) groups is 1. The molecule has 0 spiro atoms. The second-order valence-corrected chi connectivity index (χ2v) is 4.19. The van der Waals surface area contributed by atoms with Crippen LogP contribution in [0.1, 0.15) is 24.5 Å². The van der Waals surface area contributed by atoms with Crippen molar-refractivity contribution in [1.82, 2.24) is 0 Å². The molecule has 1 rings (SSSR count). The molecule has 0 aliphatic rings. The minimum absolute atomic E-state index is 0.442. The van der Waals surface area contributed by atoms with Gasteiger partial charge in [0.15, 0.2) is 0 Å². The van der Waals surface area contributed by atoms with E-state index < -0.39 is 11.4 Å². The molecule has 0 radical (unpaired) electrons. The molecule has 0 saturated carbocycles. The predicted molar refractivity (Wildman–Crippen MR) is 62.7 cm³/mol. The topological polar surface area (TPSA) is 46.5 Å². The maximum absolute atomic E-state index is 11.4. The fourth-order valence-corrected chi connectivity index (χ4v) is 1.85. The van der Waals surface area contributed by atoms with Gasteiger partial charge in [-0.2, -0.15) is 0 Å². The number of ether oxygens (including phenoxy) is 1. The van der Waals surface area contributed by atoms with Gasteiger partial charge in [0.25, 0.3) is 0 Å². The highest BCUT2D eigenvalue weighted by Gasteiger charge is 2.35. The van der Waals surface area contributed by atoms with E-state index in [1.54, 1.807) is 14.0 Å². The normalized spacial score (nSPS) is 14.4. The first-order valence-electron chi connectivity index (χ1n) is 5.31. The average Bonchev–Trinajstić information content (AvgIpc) is 2.26. The number of aliphatic carboxylic acids is 1. The molecule has 0 aliphatic carbocycles. The number of hydrogen-bond donors (Lipinski definition) is 1. The molecule has 16 heavy (non-hydrogen) atoms. The first-order chi connectivity index (χ1) is 7.52. The monoisotopic (exact) mass is 222 g/mol. The molecule has 0 aromatic heterocycles. The Morgan fingerprint density at radius 1 is 1.44 bits per heavy atom. The Kier molecular flexibility index (Phi) is 4.07. The van der Waals surface area contributed by atoms with Crippen LogP contribution in [0, 0.1) is 6.92 Å². The van der Waals surface area contributed by atoms with Crippen molar-refractivity contribution < 1.29 is 14.6 Å². The molecule has 3 heteroatoms. The Morgan fingerprint density at radius 3 is 2.56 bits per heavy atom. The Hall–Kier alpha value is -1.35. The maximum Gasteiger partial charge on any atom is 0.313 e. The van der Waals surface area contributed by atoms with Gasteiger partial charge < -0.3 is 9.84 Å². The van der Waals surface area contributed by atoms with Gasteiger partial charge in [0.05, 0.1) is 5.41 Å². The van der Waals surface area contributed by atoms with E-state index >= 15 is 0 Å². The van der Waals surface area contributed by atoms with Gasteiger partial charge in [0.2, 0.25) is 0 Å². The van der Waals surface area contributed by atoms with Crippen LogP contribution in [0.2, 0.25) is 0 Å².